The topological polar surface area (TPSA) is 77.3 Å². The van der Waals surface area contributed by atoms with Gasteiger partial charge in [0.05, 0.1) is 30.1 Å². The van der Waals surface area contributed by atoms with Crippen LogP contribution in [0, 0.1) is 0 Å². The zero-order chi connectivity index (χ0) is 21.4. The van der Waals surface area contributed by atoms with Crippen molar-refractivity contribution in [1.82, 2.24) is 29.9 Å². The number of hydrogen-bond acceptors (Lipinski definition) is 6. The van der Waals surface area contributed by atoms with Crippen molar-refractivity contribution < 1.29 is 0 Å². The van der Waals surface area contributed by atoms with E-state index >= 15 is 0 Å². The van der Waals surface area contributed by atoms with Gasteiger partial charge in [-0.1, -0.05) is 69.6 Å². The minimum atomic E-state index is 0.217. The maximum absolute atomic E-state index is 6.12. The summed E-state index contributed by atoms with van der Waals surface area (Å²) in [5.41, 5.74) is 1.11. The molecular weight excluding hydrogens is 513 g/mol. The first-order valence-corrected chi connectivity index (χ1v) is 10.3. The Kier molecular flexibility index (Phi) is 6.25. The summed E-state index contributed by atoms with van der Waals surface area (Å²) in [6, 6.07) is 4.62. The SMILES string of the molecule is Clc1cnc(-c2nc(-c3cc(Cl)c(Cl)cn3)nc(-c3cc(Cl)c(Cl)cn3)n2)cc1Cl. The number of hydrogen-bond donors (Lipinski definition) is 0. The van der Waals surface area contributed by atoms with Crippen molar-refractivity contribution in [3.8, 4) is 34.6 Å². The molecule has 4 heterocycles. The second kappa shape index (κ2) is 8.75. The highest BCUT2D eigenvalue weighted by atomic mass is 35.5. The second-order valence-electron chi connectivity index (χ2n) is 5.76. The molecular formula is C18H6Cl6N6. The van der Waals surface area contributed by atoms with Gasteiger partial charge in [0.1, 0.15) is 17.1 Å². The molecule has 0 saturated heterocycles. The quantitative estimate of drug-likeness (QED) is 0.291. The summed E-state index contributed by atoms with van der Waals surface area (Å²) >= 11 is 36.3. The first-order chi connectivity index (χ1) is 14.3. The molecule has 0 fully saturated rings. The molecule has 0 radical (unpaired) electrons. The van der Waals surface area contributed by atoms with Crippen molar-refractivity contribution >= 4 is 69.6 Å². The van der Waals surface area contributed by atoms with Crippen molar-refractivity contribution in [1.29, 1.82) is 0 Å². The summed E-state index contributed by atoms with van der Waals surface area (Å²) in [4.78, 5) is 26.0. The third-order valence-electron chi connectivity index (χ3n) is 3.75. The largest absolute Gasteiger partial charge is 0.251 e. The van der Waals surface area contributed by atoms with Crippen LogP contribution in [-0.2, 0) is 0 Å². The maximum Gasteiger partial charge on any atom is 0.182 e. The van der Waals surface area contributed by atoms with Gasteiger partial charge in [-0.05, 0) is 18.2 Å². The van der Waals surface area contributed by atoms with E-state index in [-0.39, 0.29) is 17.5 Å². The van der Waals surface area contributed by atoms with Crippen LogP contribution < -0.4 is 0 Å². The fourth-order valence-electron chi connectivity index (χ4n) is 2.33. The van der Waals surface area contributed by atoms with Crippen LogP contribution in [-0.4, -0.2) is 29.9 Å². The monoisotopic (exact) mass is 516 g/mol. The van der Waals surface area contributed by atoms with Crippen LogP contribution in [0.3, 0.4) is 0 Å². The van der Waals surface area contributed by atoms with E-state index < -0.39 is 0 Å². The first-order valence-electron chi connectivity index (χ1n) is 8.02. The highest BCUT2D eigenvalue weighted by Gasteiger charge is 2.17. The molecule has 0 amide bonds. The van der Waals surface area contributed by atoms with E-state index in [2.05, 4.69) is 29.9 Å². The molecule has 0 spiro atoms. The summed E-state index contributed by atoms with van der Waals surface area (Å²) in [6.45, 7) is 0. The Hall–Kier alpha value is -1.80. The standard InChI is InChI=1S/C18H6Cl6N6/c19-7-1-13(25-4-10(7)22)16-28-17(14-2-8(20)11(23)5-26-14)30-18(29-16)15-3-9(21)12(24)6-27-15/h1-6H. The predicted octanol–water partition coefficient (Wildman–Crippen LogP) is 6.98. The molecule has 0 aliphatic carbocycles. The number of aromatic nitrogens is 6. The Morgan fingerprint density at radius 3 is 0.900 bits per heavy atom. The number of pyridine rings is 3. The van der Waals surface area contributed by atoms with Crippen molar-refractivity contribution in [3.63, 3.8) is 0 Å². The molecule has 4 aromatic heterocycles. The number of rotatable bonds is 3. The predicted molar refractivity (Wildman–Crippen MR) is 120 cm³/mol. The normalized spacial score (nSPS) is 11.0. The molecule has 0 aliphatic heterocycles. The van der Waals surface area contributed by atoms with E-state index in [0.29, 0.717) is 47.2 Å². The van der Waals surface area contributed by atoms with Gasteiger partial charge in [-0.3, -0.25) is 15.0 Å². The van der Waals surface area contributed by atoms with Crippen molar-refractivity contribution in [2.24, 2.45) is 0 Å². The van der Waals surface area contributed by atoms with Gasteiger partial charge in [-0.15, -0.1) is 0 Å². The number of halogens is 6. The minimum Gasteiger partial charge on any atom is -0.251 e. The molecule has 12 heteroatoms. The summed E-state index contributed by atoms with van der Waals surface area (Å²) in [7, 11) is 0. The highest BCUT2D eigenvalue weighted by molar-refractivity contribution is 6.43. The lowest BCUT2D eigenvalue weighted by Gasteiger charge is -2.08. The van der Waals surface area contributed by atoms with E-state index in [9.17, 15) is 0 Å². The Morgan fingerprint density at radius 1 is 0.400 bits per heavy atom. The van der Waals surface area contributed by atoms with Crippen LogP contribution in [0.25, 0.3) is 34.6 Å². The molecule has 30 heavy (non-hydrogen) atoms. The molecule has 0 saturated carbocycles. The second-order valence-corrected chi connectivity index (χ2v) is 8.20. The van der Waals surface area contributed by atoms with E-state index in [4.69, 9.17) is 69.6 Å². The zero-order valence-electron chi connectivity index (χ0n) is 14.4. The van der Waals surface area contributed by atoms with Gasteiger partial charge in [0.2, 0.25) is 0 Å². The van der Waals surface area contributed by atoms with Gasteiger partial charge in [-0.25, -0.2) is 15.0 Å². The Balaban J connectivity index is 1.94. The van der Waals surface area contributed by atoms with Crippen LogP contribution in [0.2, 0.25) is 30.1 Å². The molecule has 0 unspecified atom stereocenters. The molecule has 0 aromatic carbocycles. The van der Waals surface area contributed by atoms with Gasteiger partial charge < -0.3 is 0 Å². The molecule has 0 aliphatic rings. The van der Waals surface area contributed by atoms with E-state index in [1.165, 1.54) is 36.8 Å². The van der Waals surface area contributed by atoms with Gasteiger partial charge in [0.15, 0.2) is 17.5 Å². The van der Waals surface area contributed by atoms with Crippen LogP contribution >= 0.6 is 69.6 Å². The van der Waals surface area contributed by atoms with Crippen LogP contribution in [0.15, 0.2) is 36.8 Å². The van der Waals surface area contributed by atoms with Gasteiger partial charge in [0, 0.05) is 18.6 Å². The fourth-order valence-corrected chi connectivity index (χ4v) is 3.10. The molecule has 0 N–H and O–H groups in total. The van der Waals surface area contributed by atoms with Crippen molar-refractivity contribution in [2.45, 2.75) is 0 Å². The average Bonchev–Trinajstić information content (AvgIpc) is 2.73. The summed E-state index contributed by atoms with van der Waals surface area (Å²) < 4.78 is 0. The smallest absolute Gasteiger partial charge is 0.182 e. The summed E-state index contributed by atoms with van der Waals surface area (Å²) in [6.07, 6.45) is 4.20. The minimum absolute atomic E-state index is 0.217. The third-order valence-corrected chi connectivity index (χ3v) is 5.88. The first kappa shape index (κ1) is 21.4. The van der Waals surface area contributed by atoms with Crippen LogP contribution in [0.4, 0.5) is 0 Å². The lowest BCUT2D eigenvalue weighted by Crippen LogP contribution is -2.03. The highest BCUT2D eigenvalue weighted by Crippen LogP contribution is 2.30. The van der Waals surface area contributed by atoms with Gasteiger partial charge in [-0.2, -0.15) is 0 Å². The fraction of sp³-hybridized carbons (Fsp3) is 0. The molecule has 4 aromatic rings. The lowest BCUT2D eigenvalue weighted by molar-refractivity contribution is 1.03. The van der Waals surface area contributed by atoms with Crippen LogP contribution in [0.1, 0.15) is 0 Å². The van der Waals surface area contributed by atoms with E-state index in [1.807, 2.05) is 0 Å². The van der Waals surface area contributed by atoms with E-state index in [0.717, 1.165) is 0 Å². The molecule has 4 rings (SSSR count). The van der Waals surface area contributed by atoms with Crippen molar-refractivity contribution in [3.05, 3.63) is 66.9 Å². The van der Waals surface area contributed by atoms with Crippen LogP contribution in [0.5, 0.6) is 0 Å². The number of nitrogens with zero attached hydrogens (tertiary/aromatic N) is 6. The van der Waals surface area contributed by atoms with Crippen molar-refractivity contribution in [2.75, 3.05) is 0 Å². The lowest BCUT2D eigenvalue weighted by atomic mass is 10.3. The Bertz CT molecular complexity index is 1110. The molecule has 150 valence electrons. The Morgan fingerprint density at radius 2 is 0.667 bits per heavy atom. The van der Waals surface area contributed by atoms with E-state index in [1.54, 1.807) is 0 Å². The summed E-state index contributed by atoms with van der Waals surface area (Å²) in [5, 5.41) is 1.79. The third kappa shape index (κ3) is 4.44. The average molecular weight is 519 g/mol. The summed E-state index contributed by atoms with van der Waals surface area (Å²) in [5.74, 6) is 0.651. The maximum atomic E-state index is 6.12. The Labute approximate surface area is 200 Å². The molecule has 0 atom stereocenters. The van der Waals surface area contributed by atoms with Gasteiger partial charge >= 0.3 is 0 Å². The van der Waals surface area contributed by atoms with Gasteiger partial charge in [0.25, 0.3) is 0 Å². The molecule has 0 bridgehead atoms. The zero-order valence-corrected chi connectivity index (χ0v) is 19.0. The molecule has 6 nitrogen and oxygen atoms in total.